The fraction of sp³-hybridized carbons (Fsp3) is 0.321. The second kappa shape index (κ2) is 12.2. The Morgan fingerprint density at radius 2 is 1.65 bits per heavy atom. The quantitative estimate of drug-likeness (QED) is 0.368. The zero-order chi connectivity index (χ0) is 29.1. The lowest BCUT2D eigenvalue weighted by atomic mass is 10.2. The number of rotatable bonds is 9. The number of aryl methyl sites for hydroxylation is 1. The molecule has 4 rings (SSSR count). The van der Waals surface area contributed by atoms with Crippen LogP contribution in [0.25, 0.3) is 0 Å². The smallest absolute Gasteiger partial charge is 0.264 e. The number of methoxy groups -OCH3 is 1. The van der Waals surface area contributed by atoms with E-state index in [0.29, 0.717) is 23.7 Å². The van der Waals surface area contributed by atoms with Gasteiger partial charge in [-0.05, 0) is 74.7 Å². The molecule has 9 nitrogen and oxygen atoms in total. The first-order chi connectivity index (χ1) is 18.9. The minimum absolute atomic E-state index is 0.0182. The first-order valence-corrected chi connectivity index (χ1v) is 16.0. The molecule has 1 heterocycles. The lowest BCUT2D eigenvalue weighted by Crippen LogP contribution is -2.38. The maximum absolute atomic E-state index is 13.7. The van der Waals surface area contributed by atoms with Crippen LogP contribution in [0.3, 0.4) is 0 Å². The molecule has 1 aliphatic heterocycles. The number of carbonyl (C=O) groups excluding carboxylic acids is 1. The van der Waals surface area contributed by atoms with E-state index in [1.165, 1.54) is 41.7 Å². The Bertz CT molecular complexity index is 1600. The van der Waals surface area contributed by atoms with Crippen LogP contribution in [0.4, 0.5) is 11.4 Å². The van der Waals surface area contributed by atoms with Crippen LogP contribution in [0.1, 0.15) is 30.4 Å². The average Bonchev–Trinajstić information content (AvgIpc) is 2.94. The highest BCUT2D eigenvalue weighted by Gasteiger charge is 2.31. The van der Waals surface area contributed by atoms with Gasteiger partial charge in [0.25, 0.3) is 10.0 Å². The van der Waals surface area contributed by atoms with Gasteiger partial charge in [0.05, 0.1) is 17.7 Å². The Morgan fingerprint density at radius 1 is 0.975 bits per heavy atom. The Labute approximate surface area is 240 Å². The van der Waals surface area contributed by atoms with Gasteiger partial charge in [-0.1, -0.05) is 41.8 Å². The highest BCUT2D eigenvalue weighted by atomic mass is 35.5. The largest absolute Gasteiger partial charge is 0.495 e. The SMILES string of the molecule is COc1ccc(NC(=O)CN(c2cccc(Cl)c2C)S(=O)(=O)c2ccc(C)cc2)cc1S(=O)(=O)N1CCCCC1. The standard InChI is InChI=1S/C28H32ClN3O6S2/c1-20-10-13-23(14-11-20)39(34,35)32(25-9-7-8-24(29)21(25)2)19-28(33)30-22-12-15-26(38-3)27(18-22)40(36,37)31-16-5-4-6-17-31/h7-15,18H,4-6,16-17,19H2,1-3H3,(H,30,33). The summed E-state index contributed by atoms with van der Waals surface area (Å²) < 4.78 is 62.0. The van der Waals surface area contributed by atoms with Gasteiger partial charge in [0.1, 0.15) is 17.2 Å². The summed E-state index contributed by atoms with van der Waals surface area (Å²) >= 11 is 6.30. The van der Waals surface area contributed by atoms with Gasteiger partial charge in [0.15, 0.2) is 0 Å². The van der Waals surface area contributed by atoms with Crippen molar-refractivity contribution in [3.05, 3.63) is 76.8 Å². The number of anilines is 2. The second-order valence-electron chi connectivity index (χ2n) is 9.59. The number of hydrogen-bond acceptors (Lipinski definition) is 6. The molecular formula is C28H32ClN3O6S2. The molecule has 0 unspecified atom stereocenters. The second-order valence-corrected chi connectivity index (χ2v) is 13.8. The van der Waals surface area contributed by atoms with Gasteiger partial charge in [0, 0.05) is 23.8 Å². The summed E-state index contributed by atoms with van der Waals surface area (Å²) in [5, 5.41) is 3.01. The molecule has 1 saturated heterocycles. The molecule has 0 bridgehead atoms. The van der Waals surface area contributed by atoms with E-state index in [9.17, 15) is 21.6 Å². The summed E-state index contributed by atoms with van der Waals surface area (Å²) in [7, 11) is -6.65. The number of nitrogens with one attached hydrogen (secondary N) is 1. The van der Waals surface area contributed by atoms with Crippen molar-refractivity contribution in [1.29, 1.82) is 0 Å². The van der Waals surface area contributed by atoms with Crippen molar-refractivity contribution in [3.63, 3.8) is 0 Å². The summed E-state index contributed by atoms with van der Waals surface area (Å²) in [6.45, 7) is 3.77. The van der Waals surface area contributed by atoms with Gasteiger partial charge in [-0.3, -0.25) is 9.10 Å². The van der Waals surface area contributed by atoms with E-state index in [2.05, 4.69) is 5.32 Å². The number of sulfonamides is 2. The lowest BCUT2D eigenvalue weighted by molar-refractivity contribution is -0.114. The molecular weight excluding hydrogens is 574 g/mol. The Morgan fingerprint density at radius 3 is 2.30 bits per heavy atom. The number of benzene rings is 3. The fourth-order valence-electron chi connectivity index (χ4n) is 4.53. The Balaban J connectivity index is 1.67. The van der Waals surface area contributed by atoms with Crippen LogP contribution >= 0.6 is 11.6 Å². The predicted octanol–water partition coefficient (Wildman–Crippen LogP) is 4.97. The van der Waals surface area contributed by atoms with E-state index in [1.54, 1.807) is 37.3 Å². The molecule has 214 valence electrons. The van der Waals surface area contributed by atoms with E-state index in [0.717, 1.165) is 29.1 Å². The third-order valence-electron chi connectivity index (χ3n) is 6.78. The third kappa shape index (κ3) is 6.27. The summed E-state index contributed by atoms with van der Waals surface area (Å²) in [6.07, 6.45) is 2.51. The molecule has 0 aliphatic carbocycles. The van der Waals surface area contributed by atoms with Crippen LogP contribution in [0, 0.1) is 13.8 Å². The zero-order valence-electron chi connectivity index (χ0n) is 22.6. The van der Waals surface area contributed by atoms with Crippen LogP contribution in [-0.2, 0) is 24.8 Å². The molecule has 3 aromatic rings. The van der Waals surface area contributed by atoms with E-state index in [-0.39, 0.29) is 26.9 Å². The van der Waals surface area contributed by atoms with Crippen LogP contribution in [0.15, 0.2) is 70.5 Å². The third-order valence-corrected chi connectivity index (χ3v) is 10.9. The van der Waals surface area contributed by atoms with E-state index >= 15 is 0 Å². The molecule has 0 saturated carbocycles. The van der Waals surface area contributed by atoms with Crippen molar-refractivity contribution in [2.24, 2.45) is 0 Å². The number of amides is 1. The van der Waals surface area contributed by atoms with Crippen molar-refractivity contribution in [1.82, 2.24) is 4.31 Å². The van der Waals surface area contributed by atoms with Gasteiger partial charge in [-0.2, -0.15) is 4.31 Å². The van der Waals surface area contributed by atoms with Crippen LogP contribution < -0.4 is 14.4 Å². The van der Waals surface area contributed by atoms with Gasteiger partial charge in [-0.25, -0.2) is 16.8 Å². The van der Waals surface area contributed by atoms with Gasteiger partial charge in [0.2, 0.25) is 15.9 Å². The molecule has 1 aliphatic rings. The Kier molecular flexibility index (Phi) is 9.09. The monoisotopic (exact) mass is 605 g/mol. The molecule has 3 aromatic carbocycles. The first-order valence-electron chi connectivity index (χ1n) is 12.8. The van der Waals surface area contributed by atoms with Crippen LogP contribution in [0.2, 0.25) is 5.02 Å². The molecule has 12 heteroatoms. The van der Waals surface area contributed by atoms with Gasteiger partial charge < -0.3 is 10.1 Å². The first kappa shape index (κ1) is 29.9. The van der Waals surface area contributed by atoms with Crippen molar-refractivity contribution in [3.8, 4) is 5.75 Å². The normalized spacial score (nSPS) is 14.5. The average molecular weight is 606 g/mol. The summed E-state index contributed by atoms with van der Waals surface area (Å²) in [6, 6.07) is 15.5. The maximum Gasteiger partial charge on any atom is 0.264 e. The topological polar surface area (TPSA) is 113 Å². The van der Waals surface area contributed by atoms with E-state index in [4.69, 9.17) is 16.3 Å². The summed E-state index contributed by atoms with van der Waals surface area (Å²) in [4.78, 5) is 13.3. The van der Waals surface area contributed by atoms with Crippen molar-refractivity contribution < 1.29 is 26.4 Å². The number of halogens is 1. The summed E-state index contributed by atoms with van der Waals surface area (Å²) in [5.74, 6) is -0.511. The molecule has 1 amide bonds. The fourth-order valence-corrected chi connectivity index (χ4v) is 7.88. The van der Waals surface area contributed by atoms with Gasteiger partial charge in [-0.15, -0.1) is 0 Å². The van der Waals surface area contributed by atoms with Crippen molar-refractivity contribution in [2.45, 2.75) is 42.9 Å². The maximum atomic E-state index is 13.7. The molecule has 1 fully saturated rings. The van der Waals surface area contributed by atoms with Crippen molar-refractivity contribution >= 4 is 48.9 Å². The number of hydrogen-bond donors (Lipinski definition) is 1. The molecule has 0 spiro atoms. The predicted molar refractivity (Wildman–Crippen MR) is 156 cm³/mol. The molecule has 40 heavy (non-hydrogen) atoms. The molecule has 0 radical (unpaired) electrons. The van der Waals surface area contributed by atoms with Gasteiger partial charge >= 0.3 is 0 Å². The molecule has 1 N–H and O–H groups in total. The summed E-state index contributed by atoms with van der Waals surface area (Å²) in [5.41, 5.74) is 1.83. The number of nitrogens with zero attached hydrogens (tertiary/aromatic N) is 2. The minimum Gasteiger partial charge on any atom is -0.495 e. The minimum atomic E-state index is -4.16. The molecule has 0 aromatic heterocycles. The number of carbonyl (C=O) groups is 1. The van der Waals surface area contributed by atoms with Crippen LogP contribution in [-0.4, -0.2) is 53.8 Å². The number of ether oxygens (including phenoxy) is 1. The van der Waals surface area contributed by atoms with E-state index in [1.807, 2.05) is 6.92 Å². The lowest BCUT2D eigenvalue weighted by Gasteiger charge is -2.27. The highest BCUT2D eigenvalue weighted by Crippen LogP contribution is 2.33. The van der Waals surface area contributed by atoms with Crippen molar-refractivity contribution in [2.75, 3.05) is 36.4 Å². The van der Waals surface area contributed by atoms with Crippen LogP contribution in [0.5, 0.6) is 5.75 Å². The highest BCUT2D eigenvalue weighted by molar-refractivity contribution is 7.93. The van der Waals surface area contributed by atoms with E-state index < -0.39 is 32.5 Å². The number of piperidine rings is 1. The Hall–Kier alpha value is -3.12. The molecule has 0 atom stereocenters. The zero-order valence-corrected chi connectivity index (χ0v) is 24.9.